The summed E-state index contributed by atoms with van der Waals surface area (Å²) in [6, 6.07) is 17.2. The van der Waals surface area contributed by atoms with Gasteiger partial charge in [0.05, 0.1) is 21.7 Å². The lowest BCUT2D eigenvalue weighted by Gasteiger charge is -2.26. The molecule has 7 nitrogen and oxygen atoms in total. The molecule has 9 heteroatoms. The highest BCUT2D eigenvalue weighted by molar-refractivity contribution is 7.91. The van der Waals surface area contributed by atoms with E-state index in [0.29, 0.717) is 36.5 Å². The van der Waals surface area contributed by atoms with Crippen molar-refractivity contribution >= 4 is 27.3 Å². The summed E-state index contributed by atoms with van der Waals surface area (Å²) in [6.45, 7) is 2.24. The summed E-state index contributed by atoms with van der Waals surface area (Å²) in [5.74, 6) is 0.490. The van der Waals surface area contributed by atoms with Crippen LogP contribution in [0.5, 0.6) is 5.75 Å². The fourth-order valence-electron chi connectivity index (χ4n) is 4.76. The van der Waals surface area contributed by atoms with E-state index in [9.17, 15) is 13.2 Å². The van der Waals surface area contributed by atoms with Gasteiger partial charge in [0.25, 0.3) is 5.91 Å². The van der Waals surface area contributed by atoms with Gasteiger partial charge >= 0.3 is 0 Å². The highest BCUT2D eigenvalue weighted by Gasteiger charge is 2.51. The SMILES string of the molecule is CC1(S(=O)(=O)NC(=O)c2ccccc2-c2ccc3c(c2)OCC(Cc2ccc(-c4cncs4)cn2)C3)CC1. The van der Waals surface area contributed by atoms with Crippen LogP contribution in [0.4, 0.5) is 0 Å². The summed E-state index contributed by atoms with van der Waals surface area (Å²) < 4.78 is 32.8. The molecule has 1 N–H and O–H groups in total. The van der Waals surface area contributed by atoms with E-state index in [1.165, 1.54) is 0 Å². The van der Waals surface area contributed by atoms with Crippen LogP contribution in [0.25, 0.3) is 21.6 Å². The molecule has 0 bridgehead atoms. The van der Waals surface area contributed by atoms with Gasteiger partial charge in [-0.25, -0.2) is 13.1 Å². The van der Waals surface area contributed by atoms with Crippen LogP contribution < -0.4 is 9.46 Å². The van der Waals surface area contributed by atoms with Crippen LogP contribution in [0, 0.1) is 5.92 Å². The second-order valence-corrected chi connectivity index (χ2v) is 13.3. The summed E-state index contributed by atoms with van der Waals surface area (Å²) in [4.78, 5) is 22.9. The van der Waals surface area contributed by atoms with E-state index >= 15 is 0 Å². The number of fused-ring (bicyclic) bond motifs is 1. The highest BCUT2D eigenvalue weighted by atomic mass is 32.2. The van der Waals surface area contributed by atoms with E-state index in [1.807, 2.05) is 48.2 Å². The molecule has 1 aliphatic heterocycles. The molecular weight excluding hydrogens is 518 g/mol. The summed E-state index contributed by atoms with van der Waals surface area (Å²) in [5, 5.41) is 0. The van der Waals surface area contributed by atoms with E-state index in [4.69, 9.17) is 4.74 Å². The quantitative estimate of drug-likeness (QED) is 0.339. The van der Waals surface area contributed by atoms with Crippen molar-refractivity contribution in [2.24, 2.45) is 5.92 Å². The third-order valence-corrected chi connectivity index (χ3v) is 10.4. The molecule has 1 amide bonds. The lowest BCUT2D eigenvalue weighted by Crippen LogP contribution is -2.38. The van der Waals surface area contributed by atoms with Crippen molar-refractivity contribution in [3.63, 3.8) is 0 Å². The van der Waals surface area contributed by atoms with Gasteiger partial charge < -0.3 is 4.74 Å². The molecule has 1 aliphatic carbocycles. The van der Waals surface area contributed by atoms with Gasteiger partial charge in [0, 0.05) is 35.1 Å². The first-order valence-electron chi connectivity index (χ1n) is 12.6. The van der Waals surface area contributed by atoms with Crippen molar-refractivity contribution in [1.29, 1.82) is 0 Å². The smallest absolute Gasteiger partial charge is 0.265 e. The molecule has 1 unspecified atom stereocenters. The van der Waals surface area contributed by atoms with Crippen molar-refractivity contribution < 1.29 is 17.9 Å². The maximum Gasteiger partial charge on any atom is 0.265 e. The molecule has 2 aliphatic rings. The van der Waals surface area contributed by atoms with Gasteiger partial charge in [0.2, 0.25) is 10.0 Å². The molecule has 2 aromatic heterocycles. The van der Waals surface area contributed by atoms with Crippen molar-refractivity contribution in [3.05, 3.63) is 89.3 Å². The van der Waals surface area contributed by atoms with Gasteiger partial charge in [0.15, 0.2) is 0 Å². The average Bonchev–Trinajstić information content (AvgIpc) is 3.46. The van der Waals surface area contributed by atoms with Gasteiger partial charge in [-0.1, -0.05) is 36.4 Å². The summed E-state index contributed by atoms with van der Waals surface area (Å²) >= 11 is 1.60. The fourth-order valence-corrected chi connectivity index (χ4v) is 6.61. The molecule has 2 aromatic carbocycles. The number of nitrogens with zero attached hydrogens (tertiary/aromatic N) is 2. The van der Waals surface area contributed by atoms with Crippen molar-refractivity contribution in [2.75, 3.05) is 6.61 Å². The maximum atomic E-state index is 13.0. The van der Waals surface area contributed by atoms with Crippen molar-refractivity contribution in [2.45, 2.75) is 37.4 Å². The summed E-state index contributed by atoms with van der Waals surface area (Å²) in [7, 11) is -3.72. The van der Waals surface area contributed by atoms with Crippen LogP contribution in [-0.4, -0.2) is 35.6 Å². The predicted molar refractivity (Wildman–Crippen MR) is 148 cm³/mol. The zero-order valence-corrected chi connectivity index (χ0v) is 22.5. The summed E-state index contributed by atoms with van der Waals surface area (Å²) in [6.07, 6.45) is 6.57. The molecule has 1 fully saturated rings. The van der Waals surface area contributed by atoms with Gasteiger partial charge in [-0.15, -0.1) is 11.3 Å². The van der Waals surface area contributed by atoms with Crippen LogP contribution in [0.1, 0.15) is 41.4 Å². The molecule has 0 radical (unpaired) electrons. The average molecular weight is 546 g/mol. The van der Waals surface area contributed by atoms with E-state index in [2.05, 4.69) is 26.8 Å². The molecule has 6 rings (SSSR count). The monoisotopic (exact) mass is 545 g/mol. The van der Waals surface area contributed by atoms with Crippen LogP contribution in [0.2, 0.25) is 0 Å². The van der Waals surface area contributed by atoms with Gasteiger partial charge in [0.1, 0.15) is 5.75 Å². The lowest BCUT2D eigenvalue weighted by molar-refractivity contribution is 0.0981. The Labute approximate surface area is 226 Å². The van der Waals surface area contributed by atoms with E-state index in [-0.39, 0.29) is 0 Å². The molecule has 194 valence electrons. The lowest BCUT2D eigenvalue weighted by atomic mass is 9.90. The number of nitrogens with one attached hydrogen (secondary N) is 1. The van der Waals surface area contributed by atoms with Crippen LogP contribution in [0.3, 0.4) is 0 Å². The van der Waals surface area contributed by atoms with Crippen LogP contribution in [-0.2, 0) is 22.9 Å². The first kappa shape index (κ1) is 24.8. The normalized spacial score (nSPS) is 17.8. The zero-order chi connectivity index (χ0) is 26.3. The molecule has 3 heterocycles. The minimum absolute atomic E-state index is 0.308. The topological polar surface area (TPSA) is 98.2 Å². The van der Waals surface area contributed by atoms with Crippen molar-refractivity contribution in [1.82, 2.24) is 14.7 Å². The molecule has 1 atom stereocenters. The van der Waals surface area contributed by atoms with Crippen LogP contribution >= 0.6 is 11.3 Å². The minimum atomic E-state index is -3.72. The zero-order valence-electron chi connectivity index (χ0n) is 20.9. The number of hydrogen-bond donors (Lipinski definition) is 1. The van der Waals surface area contributed by atoms with E-state index < -0.39 is 20.7 Å². The number of ether oxygens (including phenoxy) is 1. The Bertz CT molecular complexity index is 1600. The Morgan fingerprint density at radius 1 is 1.11 bits per heavy atom. The predicted octanol–water partition coefficient (Wildman–Crippen LogP) is 5.28. The first-order valence-corrected chi connectivity index (χ1v) is 14.9. The fraction of sp³-hybridized carbons (Fsp3) is 0.276. The summed E-state index contributed by atoms with van der Waals surface area (Å²) in [5.41, 5.74) is 6.82. The number of thiazole rings is 1. The Morgan fingerprint density at radius 2 is 1.92 bits per heavy atom. The Kier molecular flexibility index (Phi) is 6.28. The Hall–Kier alpha value is -3.56. The van der Waals surface area contributed by atoms with Crippen LogP contribution in [0.15, 0.2) is 72.5 Å². The number of pyridine rings is 1. The molecule has 1 saturated carbocycles. The minimum Gasteiger partial charge on any atom is -0.493 e. The van der Waals surface area contributed by atoms with Gasteiger partial charge in [-0.2, -0.15) is 0 Å². The number of aromatic nitrogens is 2. The van der Waals surface area contributed by atoms with Crippen molar-refractivity contribution in [3.8, 4) is 27.3 Å². The highest BCUT2D eigenvalue weighted by Crippen LogP contribution is 2.42. The number of carbonyl (C=O) groups is 1. The Balaban J connectivity index is 1.17. The first-order chi connectivity index (χ1) is 18.3. The maximum absolute atomic E-state index is 13.0. The number of hydrogen-bond acceptors (Lipinski definition) is 7. The van der Waals surface area contributed by atoms with E-state index in [1.54, 1.807) is 30.4 Å². The largest absolute Gasteiger partial charge is 0.493 e. The van der Waals surface area contributed by atoms with Gasteiger partial charge in [-0.05, 0) is 67.5 Å². The number of carbonyl (C=O) groups excluding carboxylic acids is 1. The third-order valence-electron chi connectivity index (χ3n) is 7.40. The second kappa shape index (κ2) is 9.63. The number of amides is 1. The standard InChI is InChI=1S/C29H27N3O4S2/c1-29(10-11-29)38(34,35)32-28(33)25-5-3-2-4-24(25)20-6-7-21-12-19(17-36-26(21)14-20)13-23-9-8-22(15-31-23)27-16-30-18-37-27/h2-9,14-16,18-19H,10-13,17H2,1H3,(H,32,33). The van der Waals surface area contributed by atoms with E-state index in [0.717, 1.165) is 45.9 Å². The molecule has 38 heavy (non-hydrogen) atoms. The third kappa shape index (κ3) is 4.83. The molecule has 0 saturated heterocycles. The second-order valence-electron chi connectivity index (χ2n) is 10.2. The molecule has 0 spiro atoms. The molecular formula is C29H27N3O4S2. The molecule has 4 aromatic rings. The van der Waals surface area contributed by atoms with Gasteiger partial charge in [-0.3, -0.25) is 14.8 Å². The number of benzene rings is 2. The number of sulfonamides is 1. The Morgan fingerprint density at radius 3 is 2.66 bits per heavy atom. The number of rotatable bonds is 7.